The van der Waals surface area contributed by atoms with Gasteiger partial charge in [-0.05, 0) is 42.5 Å². The lowest BCUT2D eigenvalue weighted by Crippen LogP contribution is -2.14. The summed E-state index contributed by atoms with van der Waals surface area (Å²) in [4.78, 5) is 0. The molecule has 0 spiro atoms. The van der Waals surface area contributed by atoms with E-state index in [-0.39, 0.29) is 0 Å². The molecule has 1 atom stereocenters. The molecule has 1 aliphatic rings. The van der Waals surface area contributed by atoms with Gasteiger partial charge in [0.15, 0.2) is 11.5 Å². The molecule has 1 aliphatic carbocycles. The Morgan fingerprint density at radius 2 is 1.85 bits per heavy atom. The Morgan fingerprint density at radius 3 is 2.38 bits per heavy atom. The van der Waals surface area contributed by atoms with Crippen LogP contribution in [0.5, 0.6) is 11.5 Å². The van der Waals surface area contributed by atoms with Crippen LogP contribution in [0.4, 0.5) is 0 Å². The Hall–Kier alpha value is -1.18. The predicted octanol–water partition coefficient (Wildman–Crippen LogP) is 2.18. The van der Waals surface area contributed by atoms with Crippen molar-refractivity contribution in [3.05, 3.63) is 30.2 Å². The maximum Gasteiger partial charge on any atom is 0.161 e. The molecule has 0 bridgehead atoms. The third kappa shape index (κ3) is 1.17. The minimum Gasteiger partial charge on any atom is -0.493 e. The van der Waals surface area contributed by atoms with Crippen molar-refractivity contribution in [2.75, 3.05) is 14.2 Å². The van der Waals surface area contributed by atoms with Crippen molar-refractivity contribution in [1.29, 1.82) is 0 Å². The standard InChI is InChI=1S/C11H13O2/c1-7-4-8-5-10(12-2)11(13-3)6-9(7)8/h5-7H,1,4H2,2-3H3. The van der Waals surface area contributed by atoms with Gasteiger partial charge in [-0.2, -0.15) is 0 Å². The van der Waals surface area contributed by atoms with Gasteiger partial charge in [0.25, 0.3) is 0 Å². The predicted molar refractivity (Wildman–Crippen MR) is 51.3 cm³/mol. The Balaban J connectivity index is 2.45. The molecule has 1 unspecified atom stereocenters. The molecule has 0 aliphatic heterocycles. The van der Waals surface area contributed by atoms with Crippen LogP contribution in [0.1, 0.15) is 17.0 Å². The summed E-state index contributed by atoms with van der Waals surface area (Å²) in [6.07, 6.45) is 1.05. The van der Waals surface area contributed by atoms with Crippen molar-refractivity contribution in [2.24, 2.45) is 0 Å². The van der Waals surface area contributed by atoms with Crippen molar-refractivity contribution in [3.8, 4) is 11.5 Å². The Labute approximate surface area is 78.5 Å². The first-order chi connectivity index (χ1) is 6.26. The molecule has 0 aromatic heterocycles. The van der Waals surface area contributed by atoms with Crippen LogP contribution < -0.4 is 9.47 Å². The summed E-state index contributed by atoms with van der Waals surface area (Å²) in [6.45, 7) is 4.02. The van der Waals surface area contributed by atoms with Gasteiger partial charge in [0.2, 0.25) is 0 Å². The summed E-state index contributed by atoms with van der Waals surface area (Å²) in [5, 5.41) is 0. The lowest BCUT2D eigenvalue weighted by molar-refractivity contribution is 0.352. The van der Waals surface area contributed by atoms with E-state index in [1.807, 2.05) is 12.1 Å². The van der Waals surface area contributed by atoms with Gasteiger partial charge in [-0.15, -0.1) is 0 Å². The molecular weight excluding hydrogens is 164 g/mol. The number of benzene rings is 1. The van der Waals surface area contributed by atoms with E-state index in [1.165, 1.54) is 11.1 Å². The number of ether oxygens (including phenoxy) is 2. The fraction of sp³-hybridized carbons (Fsp3) is 0.364. The van der Waals surface area contributed by atoms with E-state index in [9.17, 15) is 0 Å². The van der Waals surface area contributed by atoms with E-state index in [0.29, 0.717) is 5.92 Å². The average molecular weight is 177 g/mol. The smallest absolute Gasteiger partial charge is 0.161 e. The summed E-state index contributed by atoms with van der Waals surface area (Å²) in [6, 6.07) is 4.06. The molecule has 1 radical (unpaired) electrons. The molecular formula is C11H13O2. The minimum absolute atomic E-state index is 0.426. The van der Waals surface area contributed by atoms with E-state index >= 15 is 0 Å². The normalized spacial score (nSPS) is 18.8. The van der Waals surface area contributed by atoms with Gasteiger partial charge < -0.3 is 9.47 Å². The quantitative estimate of drug-likeness (QED) is 0.689. The lowest BCUT2D eigenvalue weighted by Gasteiger charge is -2.28. The molecule has 0 N–H and O–H groups in total. The van der Waals surface area contributed by atoms with Crippen molar-refractivity contribution in [1.82, 2.24) is 0 Å². The second kappa shape index (κ2) is 2.95. The fourth-order valence-electron chi connectivity index (χ4n) is 1.74. The van der Waals surface area contributed by atoms with Crippen LogP contribution in [-0.2, 0) is 6.42 Å². The van der Waals surface area contributed by atoms with E-state index in [0.717, 1.165) is 17.9 Å². The monoisotopic (exact) mass is 177 g/mol. The minimum atomic E-state index is 0.426. The molecule has 2 rings (SSSR count). The molecule has 2 heteroatoms. The molecule has 1 aromatic rings. The molecule has 0 amide bonds. The number of hydrogen-bond acceptors (Lipinski definition) is 2. The van der Waals surface area contributed by atoms with Gasteiger partial charge in [-0.3, -0.25) is 0 Å². The first kappa shape index (κ1) is 8.42. The molecule has 0 saturated heterocycles. The second-order valence-electron chi connectivity index (χ2n) is 3.31. The summed E-state index contributed by atoms with van der Waals surface area (Å²) in [5.41, 5.74) is 2.62. The summed E-state index contributed by atoms with van der Waals surface area (Å²) >= 11 is 0. The van der Waals surface area contributed by atoms with Gasteiger partial charge in [-0.1, -0.05) is 0 Å². The highest BCUT2D eigenvalue weighted by Crippen LogP contribution is 2.41. The fourth-order valence-corrected chi connectivity index (χ4v) is 1.74. The van der Waals surface area contributed by atoms with Crippen LogP contribution in [0, 0.1) is 6.92 Å². The zero-order valence-corrected chi connectivity index (χ0v) is 7.96. The lowest BCUT2D eigenvalue weighted by atomic mass is 9.78. The maximum absolute atomic E-state index is 5.20. The highest BCUT2D eigenvalue weighted by molar-refractivity contribution is 5.53. The van der Waals surface area contributed by atoms with Crippen LogP contribution in [0.15, 0.2) is 12.1 Å². The zero-order chi connectivity index (χ0) is 9.42. The molecule has 2 nitrogen and oxygen atoms in total. The van der Waals surface area contributed by atoms with Gasteiger partial charge >= 0.3 is 0 Å². The third-order valence-corrected chi connectivity index (χ3v) is 2.55. The summed E-state index contributed by atoms with van der Waals surface area (Å²) in [7, 11) is 3.31. The van der Waals surface area contributed by atoms with Crippen LogP contribution in [0.3, 0.4) is 0 Å². The van der Waals surface area contributed by atoms with Crippen LogP contribution in [0.2, 0.25) is 0 Å². The van der Waals surface area contributed by atoms with Gasteiger partial charge in [0.1, 0.15) is 0 Å². The van der Waals surface area contributed by atoms with Crippen molar-refractivity contribution >= 4 is 0 Å². The summed E-state index contributed by atoms with van der Waals surface area (Å²) in [5.74, 6) is 2.04. The van der Waals surface area contributed by atoms with Crippen LogP contribution in [-0.4, -0.2) is 14.2 Å². The van der Waals surface area contributed by atoms with Crippen molar-refractivity contribution in [2.45, 2.75) is 12.3 Å². The third-order valence-electron chi connectivity index (χ3n) is 2.55. The zero-order valence-electron chi connectivity index (χ0n) is 7.96. The number of rotatable bonds is 2. The van der Waals surface area contributed by atoms with Gasteiger partial charge in [0.05, 0.1) is 14.2 Å². The summed E-state index contributed by atoms with van der Waals surface area (Å²) < 4.78 is 10.4. The Morgan fingerprint density at radius 1 is 1.23 bits per heavy atom. The van der Waals surface area contributed by atoms with E-state index in [1.54, 1.807) is 14.2 Å². The Bertz CT molecular complexity index is 331. The highest BCUT2D eigenvalue weighted by Gasteiger charge is 2.24. The van der Waals surface area contributed by atoms with Crippen molar-refractivity contribution in [3.63, 3.8) is 0 Å². The average Bonchev–Trinajstić information content (AvgIpc) is 2.15. The van der Waals surface area contributed by atoms with Gasteiger partial charge in [-0.25, -0.2) is 0 Å². The van der Waals surface area contributed by atoms with E-state index < -0.39 is 0 Å². The first-order valence-electron chi connectivity index (χ1n) is 4.34. The number of fused-ring (bicyclic) bond motifs is 1. The van der Waals surface area contributed by atoms with Crippen LogP contribution in [0.25, 0.3) is 0 Å². The Kier molecular flexibility index (Phi) is 1.91. The molecule has 0 heterocycles. The van der Waals surface area contributed by atoms with Gasteiger partial charge in [0, 0.05) is 0 Å². The number of hydrogen-bond donors (Lipinski definition) is 0. The first-order valence-corrected chi connectivity index (χ1v) is 4.34. The SMILES string of the molecule is [CH2]C1Cc2cc(OC)c(OC)cc21. The maximum atomic E-state index is 5.20. The molecule has 69 valence electrons. The van der Waals surface area contributed by atoms with Crippen LogP contribution >= 0.6 is 0 Å². The number of methoxy groups -OCH3 is 2. The molecule has 13 heavy (non-hydrogen) atoms. The second-order valence-corrected chi connectivity index (χ2v) is 3.31. The molecule has 0 saturated carbocycles. The van der Waals surface area contributed by atoms with E-state index in [4.69, 9.17) is 9.47 Å². The molecule has 1 aromatic carbocycles. The topological polar surface area (TPSA) is 18.5 Å². The van der Waals surface area contributed by atoms with E-state index in [2.05, 4.69) is 6.92 Å². The van der Waals surface area contributed by atoms with Crippen molar-refractivity contribution < 1.29 is 9.47 Å². The molecule has 0 fully saturated rings. The highest BCUT2D eigenvalue weighted by atomic mass is 16.5. The largest absolute Gasteiger partial charge is 0.493 e.